The third kappa shape index (κ3) is 5.81. The Balaban J connectivity index is 1.36. The quantitative estimate of drug-likeness (QED) is 0.331. The predicted octanol–water partition coefficient (Wildman–Crippen LogP) is 5.95. The number of hydrogen-bond acceptors (Lipinski definition) is 6. The number of carbonyl (C=O) groups excluding carboxylic acids is 1. The van der Waals surface area contributed by atoms with Crippen molar-refractivity contribution in [1.82, 2.24) is 19.5 Å². The van der Waals surface area contributed by atoms with Gasteiger partial charge in [-0.25, -0.2) is 9.50 Å². The normalized spacial score (nSPS) is 14.5. The van der Waals surface area contributed by atoms with Gasteiger partial charge >= 0.3 is 0 Å². The molecule has 8 heteroatoms. The van der Waals surface area contributed by atoms with Crippen LogP contribution in [0.4, 0.5) is 11.5 Å². The van der Waals surface area contributed by atoms with Crippen LogP contribution in [0.1, 0.15) is 67.1 Å². The van der Waals surface area contributed by atoms with E-state index in [1.807, 2.05) is 31.2 Å². The molecule has 5 rings (SSSR count). The first-order chi connectivity index (χ1) is 18.2. The summed E-state index contributed by atoms with van der Waals surface area (Å²) in [5.74, 6) is 1.23. The van der Waals surface area contributed by atoms with E-state index in [0.717, 1.165) is 30.8 Å². The van der Waals surface area contributed by atoms with Crippen LogP contribution in [-0.4, -0.2) is 38.5 Å². The lowest BCUT2D eigenvalue weighted by atomic mass is 9.82. The monoisotopic (exact) mass is 512 g/mol. The van der Waals surface area contributed by atoms with Crippen molar-refractivity contribution < 1.29 is 9.53 Å². The van der Waals surface area contributed by atoms with E-state index < -0.39 is 0 Å². The molecular weight excluding hydrogens is 476 g/mol. The molecule has 3 heterocycles. The first kappa shape index (κ1) is 25.7. The highest BCUT2D eigenvalue weighted by Gasteiger charge is 2.23. The summed E-state index contributed by atoms with van der Waals surface area (Å²) >= 11 is 0. The Hall–Kier alpha value is -3.91. The summed E-state index contributed by atoms with van der Waals surface area (Å²) in [6, 6.07) is 15.4. The number of piperidine rings is 1. The van der Waals surface area contributed by atoms with Crippen LogP contribution in [0.2, 0.25) is 0 Å². The van der Waals surface area contributed by atoms with Crippen molar-refractivity contribution in [3.63, 3.8) is 0 Å². The van der Waals surface area contributed by atoms with Gasteiger partial charge in [0.25, 0.3) is 5.91 Å². The van der Waals surface area contributed by atoms with E-state index in [0.29, 0.717) is 34.3 Å². The van der Waals surface area contributed by atoms with Gasteiger partial charge < -0.3 is 15.8 Å². The summed E-state index contributed by atoms with van der Waals surface area (Å²) < 4.78 is 7.56. The maximum absolute atomic E-state index is 13.6. The Kier molecular flexibility index (Phi) is 7.08. The van der Waals surface area contributed by atoms with E-state index in [-0.39, 0.29) is 11.3 Å². The smallest absolute Gasteiger partial charge is 0.255 e. The summed E-state index contributed by atoms with van der Waals surface area (Å²) in [4.78, 5) is 20.2. The molecule has 0 spiro atoms. The third-order valence-corrected chi connectivity index (χ3v) is 6.99. The van der Waals surface area contributed by atoms with Gasteiger partial charge in [0.1, 0.15) is 11.6 Å². The van der Waals surface area contributed by atoms with Gasteiger partial charge in [-0.3, -0.25) is 9.69 Å². The van der Waals surface area contributed by atoms with E-state index in [2.05, 4.69) is 53.2 Å². The van der Waals surface area contributed by atoms with Gasteiger partial charge in [-0.1, -0.05) is 45.4 Å². The zero-order valence-electron chi connectivity index (χ0n) is 22.6. The average molecular weight is 513 g/mol. The van der Waals surface area contributed by atoms with Crippen molar-refractivity contribution in [2.75, 3.05) is 24.1 Å². The molecule has 1 amide bonds. The molecule has 0 bridgehead atoms. The number of likely N-dealkylation sites (tertiary alicyclic amines) is 1. The van der Waals surface area contributed by atoms with E-state index in [9.17, 15) is 4.79 Å². The number of aromatic nitrogens is 3. The number of anilines is 2. The molecule has 0 radical (unpaired) electrons. The predicted molar refractivity (Wildman–Crippen MR) is 151 cm³/mol. The van der Waals surface area contributed by atoms with Crippen LogP contribution < -0.4 is 15.8 Å². The van der Waals surface area contributed by atoms with Crippen molar-refractivity contribution in [3.8, 4) is 11.6 Å². The third-order valence-electron chi connectivity index (χ3n) is 6.99. The van der Waals surface area contributed by atoms with Crippen LogP contribution in [0.25, 0.3) is 5.65 Å². The molecule has 4 aromatic rings. The van der Waals surface area contributed by atoms with Gasteiger partial charge in [0.15, 0.2) is 5.65 Å². The number of imidazole rings is 1. The molecule has 1 saturated heterocycles. The second-order valence-electron chi connectivity index (χ2n) is 11.1. The van der Waals surface area contributed by atoms with E-state index in [1.54, 1.807) is 22.8 Å². The van der Waals surface area contributed by atoms with Crippen LogP contribution in [-0.2, 0) is 12.0 Å². The lowest BCUT2D eigenvalue weighted by Gasteiger charge is -2.28. The highest BCUT2D eigenvalue weighted by Crippen LogP contribution is 2.30. The standard InChI is InChI=1S/C30H36N6O2/c1-20-8-10-22(38-28-13-12-27-33-26(31)19-36(27)34-28)17-25(20)32-29(37)23-11-9-21(16-24(23)30(2,3)4)18-35-14-6-5-7-15-35/h8-13,16-17,19H,5-7,14-15,18,31H2,1-4H3,(H,32,37). The highest BCUT2D eigenvalue weighted by atomic mass is 16.5. The Bertz CT molecular complexity index is 1460. The molecule has 1 aliphatic heterocycles. The molecule has 1 aliphatic rings. The molecule has 0 aliphatic carbocycles. The van der Waals surface area contributed by atoms with Crippen LogP contribution in [0.5, 0.6) is 11.6 Å². The molecule has 2 aromatic carbocycles. The maximum Gasteiger partial charge on any atom is 0.255 e. The number of fused-ring (bicyclic) bond motifs is 1. The molecule has 38 heavy (non-hydrogen) atoms. The molecule has 2 aromatic heterocycles. The van der Waals surface area contributed by atoms with Crippen molar-refractivity contribution in [3.05, 3.63) is 77.0 Å². The number of nitrogens with two attached hydrogens (primary N) is 1. The van der Waals surface area contributed by atoms with Gasteiger partial charge in [0, 0.05) is 29.9 Å². The van der Waals surface area contributed by atoms with Gasteiger partial charge in [0.2, 0.25) is 5.88 Å². The number of nitrogen functional groups attached to an aromatic ring is 1. The summed E-state index contributed by atoms with van der Waals surface area (Å²) in [7, 11) is 0. The van der Waals surface area contributed by atoms with E-state index in [1.165, 1.54) is 24.8 Å². The minimum atomic E-state index is -0.175. The minimum Gasteiger partial charge on any atom is -0.438 e. The molecule has 198 valence electrons. The van der Waals surface area contributed by atoms with Crippen LogP contribution in [0, 0.1) is 6.92 Å². The van der Waals surface area contributed by atoms with Crippen LogP contribution in [0.15, 0.2) is 54.7 Å². The topological polar surface area (TPSA) is 97.8 Å². The summed E-state index contributed by atoms with van der Waals surface area (Å²) in [6.45, 7) is 11.6. The number of ether oxygens (including phenoxy) is 1. The number of aryl methyl sites for hydroxylation is 1. The molecule has 0 saturated carbocycles. The SMILES string of the molecule is Cc1ccc(Oc2ccc3nc(N)cn3n2)cc1NC(=O)c1ccc(CN2CCCCC2)cc1C(C)(C)C. The second-order valence-corrected chi connectivity index (χ2v) is 11.1. The Morgan fingerprint density at radius 1 is 1.05 bits per heavy atom. The van der Waals surface area contributed by atoms with Crippen LogP contribution in [0.3, 0.4) is 0 Å². The summed E-state index contributed by atoms with van der Waals surface area (Å²) in [5.41, 5.74) is 10.8. The maximum atomic E-state index is 13.6. The zero-order valence-corrected chi connectivity index (χ0v) is 22.6. The largest absolute Gasteiger partial charge is 0.438 e. The number of rotatable bonds is 6. The van der Waals surface area contributed by atoms with Gasteiger partial charge in [-0.15, -0.1) is 5.10 Å². The van der Waals surface area contributed by atoms with Crippen molar-refractivity contribution in [2.24, 2.45) is 0 Å². The summed E-state index contributed by atoms with van der Waals surface area (Å²) in [6.07, 6.45) is 5.48. The average Bonchev–Trinajstić information content (AvgIpc) is 3.25. The fourth-order valence-electron chi connectivity index (χ4n) is 4.93. The molecule has 3 N–H and O–H groups in total. The number of nitrogens with zero attached hydrogens (tertiary/aromatic N) is 4. The van der Waals surface area contributed by atoms with Gasteiger partial charge in [-0.2, -0.15) is 0 Å². The number of nitrogens with one attached hydrogen (secondary N) is 1. The minimum absolute atomic E-state index is 0.131. The number of carbonyl (C=O) groups is 1. The molecule has 0 atom stereocenters. The molecule has 1 fully saturated rings. The van der Waals surface area contributed by atoms with Gasteiger partial charge in [0.05, 0.1) is 6.20 Å². The van der Waals surface area contributed by atoms with Crippen molar-refractivity contribution >= 4 is 23.1 Å². The van der Waals surface area contributed by atoms with Gasteiger partial charge in [-0.05, 0) is 73.2 Å². The van der Waals surface area contributed by atoms with Crippen molar-refractivity contribution in [2.45, 2.75) is 58.9 Å². The Labute approximate surface area is 223 Å². The Morgan fingerprint density at radius 2 is 1.84 bits per heavy atom. The number of hydrogen-bond donors (Lipinski definition) is 2. The molecule has 0 unspecified atom stereocenters. The molecular formula is C30H36N6O2. The lowest BCUT2D eigenvalue weighted by Crippen LogP contribution is -2.29. The second kappa shape index (κ2) is 10.5. The van der Waals surface area contributed by atoms with Crippen molar-refractivity contribution in [1.29, 1.82) is 0 Å². The zero-order chi connectivity index (χ0) is 26.9. The number of benzene rings is 2. The fraction of sp³-hybridized carbons (Fsp3) is 0.367. The lowest BCUT2D eigenvalue weighted by molar-refractivity contribution is 0.102. The first-order valence-electron chi connectivity index (χ1n) is 13.2. The van der Waals surface area contributed by atoms with E-state index >= 15 is 0 Å². The van der Waals surface area contributed by atoms with E-state index in [4.69, 9.17) is 10.5 Å². The molecule has 8 nitrogen and oxygen atoms in total. The number of amides is 1. The highest BCUT2D eigenvalue weighted by molar-refractivity contribution is 6.06. The van der Waals surface area contributed by atoms with Crippen LogP contribution >= 0.6 is 0 Å². The Morgan fingerprint density at radius 3 is 2.61 bits per heavy atom. The fourth-order valence-corrected chi connectivity index (χ4v) is 4.93. The first-order valence-corrected chi connectivity index (χ1v) is 13.2. The summed E-state index contributed by atoms with van der Waals surface area (Å²) in [5, 5.41) is 7.52.